The average molecular weight is 295 g/mol. The number of alkyl halides is 1. The highest BCUT2D eigenvalue weighted by Crippen LogP contribution is 2.21. The van der Waals surface area contributed by atoms with E-state index in [0.717, 1.165) is 31.6 Å². The van der Waals surface area contributed by atoms with Crippen molar-refractivity contribution < 1.29 is 4.79 Å². The standard InChI is InChI=1S/C16H23ClN2O/c1-12(2)19-9-8-13(11-19)10-18-16(20)15(17)14-6-4-3-5-7-14/h3-7,12-13,15H,8-11H2,1-2H3,(H,18,20). The summed E-state index contributed by atoms with van der Waals surface area (Å²) in [6.07, 6.45) is 1.15. The third kappa shape index (κ3) is 3.97. The summed E-state index contributed by atoms with van der Waals surface area (Å²) in [6, 6.07) is 10.1. The smallest absolute Gasteiger partial charge is 0.242 e. The van der Waals surface area contributed by atoms with Gasteiger partial charge in [0.05, 0.1) is 0 Å². The first-order valence-corrected chi connectivity index (χ1v) is 7.72. The Morgan fingerprint density at radius 2 is 2.10 bits per heavy atom. The maximum Gasteiger partial charge on any atom is 0.242 e. The molecule has 1 aliphatic heterocycles. The number of halogens is 1. The van der Waals surface area contributed by atoms with Crippen molar-refractivity contribution in [2.75, 3.05) is 19.6 Å². The number of hydrogen-bond acceptors (Lipinski definition) is 2. The van der Waals surface area contributed by atoms with Crippen molar-refractivity contribution in [3.8, 4) is 0 Å². The lowest BCUT2D eigenvalue weighted by atomic mass is 10.1. The Morgan fingerprint density at radius 1 is 1.40 bits per heavy atom. The zero-order valence-corrected chi connectivity index (χ0v) is 12.9. The quantitative estimate of drug-likeness (QED) is 0.847. The van der Waals surface area contributed by atoms with Gasteiger partial charge in [0.2, 0.25) is 5.91 Å². The van der Waals surface area contributed by atoms with Gasteiger partial charge in [0.25, 0.3) is 0 Å². The van der Waals surface area contributed by atoms with Crippen molar-refractivity contribution in [3.05, 3.63) is 35.9 Å². The highest BCUT2D eigenvalue weighted by molar-refractivity contribution is 6.30. The van der Waals surface area contributed by atoms with Crippen LogP contribution in [0, 0.1) is 5.92 Å². The summed E-state index contributed by atoms with van der Waals surface area (Å²) in [5, 5.41) is 2.39. The number of carbonyl (C=O) groups is 1. The molecule has 3 nitrogen and oxygen atoms in total. The molecular formula is C16H23ClN2O. The molecule has 1 amide bonds. The lowest BCUT2D eigenvalue weighted by molar-refractivity contribution is -0.121. The van der Waals surface area contributed by atoms with Crippen LogP contribution in [0.4, 0.5) is 0 Å². The number of rotatable bonds is 5. The molecule has 0 saturated carbocycles. The predicted octanol–water partition coefficient (Wildman–Crippen LogP) is 2.81. The molecule has 0 spiro atoms. The van der Waals surface area contributed by atoms with Gasteiger partial charge in [-0.25, -0.2) is 0 Å². The summed E-state index contributed by atoms with van der Waals surface area (Å²) in [7, 11) is 0. The second kappa shape index (κ2) is 7.09. The maximum absolute atomic E-state index is 12.1. The van der Waals surface area contributed by atoms with Gasteiger partial charge in [-0.2, -0.15) is 0 Å². The molecule has 20 heavy (non-hydrogen) atoms. The van der Waals surface area contributed by atoms with E-state index in [1.54, 1.807) is 0 Å². The molecule has 110 valence electrons. The monoisotopic (exact) mass is 294 g/mol. The van der Waals surface area contributed by atoms with Crippen LogP contribution in [-0.4, -0.2) is 36.5 Å². The molecule has 1 aliphatic rings. The maximum atomic E-state index is 12.1. The highest BCUT2D eigenvalue weighted by Gasteiger charge is 2.25. The number of hydrogen-bond donors (Lipinski definition) is 1. The summed E-state index contributed by atoms with van der Waals surface area (Å²) < 4.78 is 0. The van der Waals surface area contributed by atoms with Gasteiger partial charge in [-0.1, -0.05) is 30.3 Å². The molecule has 1 aromatic carbocycles. The Kier molecular flexibility index (Phi) is 5.44. The summed E-state index contributed by atoms with van der Waals surface area (Å²) in [5.74, 6) is 0.446. The Bertz CT molecular complexity index is 435. The molecule has 2 unspecified atom stereocenters. The van der Waals surface area contributed by atoms with Crippen LogP contribution >= 0.6 is 11.6 Å². The van der Waals surface area contributed by atoms with Gasteiger partial charge in [-0.05, 0) is 38.3 Å². The largest absolute Gasteiger partial charge is 0.354 e. The van der Waals surface area contributed by atoms with Crippen LogP contribution < -0.4 is 5.32 Å². The molecule has 0 aliphatic carbocycles. The van der Waals surface area contributed by atoms with Crippen LogP contribution in [0.2, 0.25) is 0 Å². The average Bonchev–Trinajstić information content (AvgIpc) is 2.94. The Balaban J connectivity index is 1.78. The summed E-state index contributed by atoms with van der Waals surface area (Å²) in [4.78, 5) is 14.5. The molecule has 2 atom stereocenters. The zero-order valence-electron chi connectivity index (χ0n) is 12.2. The topological polar surface area (TPSA) is 32.3 Å². The molecule has 0 bridgehead atoms. The van der Waals surface area contributed by atoms with E-state index in [9.17, 15) is 4.79 Å². The van der Waals surface area contributed by atoms with Gasteiger partial charge in [-0.15, -0.1) is 11.6 Å². The van der Waals surface area contributed by atoms with Gasteiger partial charge in [0.15, 0.2) is 0 Å². The minimum absolute atomic E-state index is 0.0964. The lowest BCUT2D eigenvalue weighted by Gasteiger charge is -2.20. The number of nitrogens with one attached hydrogen (secondary N) is 1. The predicted molar refractivity (Wildman–Crippen MR) is 82.9 cm³/mol. The minimum atomic E-state index is -0.598. The molecule has 1 aromatic rings. The zero-order chi connectivity index (χ0) is 14.5. The molecule has 1 heterocycles. The van der Waals surface area contributed by atoms with Crippen LogP contribution in [0.1, 0.15) is 31.2 Å². The number of likely N-dealkylation sites (tertiary alicyclic amines) is 1. The highest BCUT2D eigenvalue weighted by atomic mass is 35.5. The van der Waals surface area contributed by atoms with Gasteiger partial charge in [0.1, 0.15) is 5.38 Å². The third-order valence-electron chi connectivity index (χ3n) is 3.93. The fourth-order valence-electron chi connectivity index (χ4n) is 2.61. The van der Waals surface area contributed by atoms with Crippen LogP contribution in [0.3, 0.4) is 0 Å². The Morgan fingerprint density at radius 3 is 2.70 bits per heavy atom. The number of benzene rings is 1. The Labute approximate surface area is 126 Å². The lowest BCUT2D eigenvalue weighted by Crippen LogP contribution is -2.34. The van der Waals surface area contributed by atoms with E-state index in [1.807, 2.05) is 30.3 Å². The van der Waals surface area contributed by atoms with E-state index in [2.05, 4.69) is 24.1 Å². The fraction of sp³-hybridized carbons (Fsp3) is 0.562. The SMILES string of the molecule is CC(C)N1CCC(CNC(=O)C(Cl)c2ccccc2)C1. The molecule has 2 rings (SSSR count). The summed E-state index contributed by atoms with van der Waals surface area (Å²) >= 11 is 6.20. The van der Waals surface area contributed by atoms with Crippen molar-refractivity contribution in [1.82, 2.24) is 10.2 Å². The second-order valence-corrected chi connectivity index (χ2v) is 6.20. The minimum Gasteiger partial charge on any atom is -0.354 e. The molecule has 1 saturated heterocycles. The van der Waals surface area contributed by atoms with Crippen LogP contribution in [-0.2, 0) is 4.79 Å². The van der Waals surface area contributed by atoms with Gasteiger partial charge >= 0.3 is 0 Å². The molecule has 4 heteroatoms. The number of amides is 1. The van der Waals surface area contributed by atoms with Crippen molar-refractivity contribution in [1.29, 1.82) is 0 Å². The fourth-order valence-corrected chi connectivity index (χ4v) is 2.83. The van der Waals surface area contributed by atoms with E-state index in [0.29, 0.717) is 12.0 Å². The van der Waals surface area contributed by atoms with Crippen LogP contribution in [0.15, 0.2) is 30.3 Å². The van der Waals surface area contributed by atoms with E-state index < -0.39 is 5.38 Å². The second-order valence-electron chi connectivity index (χ2n) is 5.76. The van der Waals surface area contributed by atoms with Crippen molar-refractivity contribution in [2.45, 2.75) is 31.7 Å². The molecule has 1 N–H and O–H groups in total. The normalized spacial score (nSPS) is 21.1. The first-order chi connectivity index (χ1) is 9.58. The van der Waals surface area contributed by atoms with Crippen LogP contribution in [0.5, 0.6) is 0 Å². The van der Waals surface area contributed by atoms with Gasteiger partial charge < -0.3 is 10.2 Å². The van der Waals surface area contributed by atoms with Gasteiger partial charge in [0, 0.05) is 19.1 Å². The first kappa shape index (κ1) is 15.3. The number of nitrogens with zero attached hydrogens (tertiary/aromatic N) is 1. The first-order valence-electron chi connectivity index (χ1n) is 7.28. The van der Waals surface area contributed by atoms with E-state index >= 15 is 0 Å². The summed E-state index contributed by atoms with van der Waals surface area (Å²) in [6.45, 7) is 7.34. The summed E-state index contributed by atoms with van der Waals surface area (Å²) in [5.41, 5.74) is 0.849. The van der Waals surface area contributed by atoms with Crippen LogP contribution in [0.25, 0.3) is 0 Å². The van der Waals surface area contributed by atoms with E-state index in [1.165, 1.54) is 0 Å². The molecule has 0 radical (unpaired) electrons. The Hall–Kier alpha value is -1.06. The van der Waals surface area contributed by atoms with Crippen molar-refractivity contribution in [3.63, 3.8) is 0 Å². The molecule has 1 fully saturated rings. The molecule has 0 aromatic heterocycles. The number of carbonyl (C=O) groups excluding carboxylic acids is 1. The van der Waals surface area contributed by atoms with Gasteiger partial charge in [-0.3, -0.25) is 4.79 Å². The van der Waals surface area contributed by atoms with E-state index in [-0.39, 0.29) is 5.91 Å². The third-order valence-corrected chi connectivity index (χ3v) is 4.39. The van der Waals surface area contributed by atoms with E-state index in [4.69, 9.17) is 11.6 Å². The van der Waals surface area contributed by atoms with Crippen molar-refractivity contribution >= 4 is 17.5 Å². The van der Waals surface area contributed by atoms with Crippen molar-refractivity contribution in [2.24, 2.45) is 5.92 Å². The molecular weight excluding hydrogens is 272 g/mol.